The van der Waals surface area contributed by atoms with Crippen LogP contribution in [-0.4, -0.2) is 53.0 Å². The van der Waals surface area contributed by atoms with E-state index in [2.05, 4.69) is 40.1 Å². The highest BCUT2D eigenvalue weighted by Crippen LogP contribution is 2.30. The van der Waals surface area contributed by atoms with Gasteiger partial charge in [0.15, 0.2) is 5.82 Å². The zero-order valence-electron chi connectivity index (χ0n) is 21.6. The first-order chi connectivity index (χ1) is 18.2. The van der Waals surface area contributed by atoms with Crippen molar-refractivity contribution in [2.45, 2.75) is 39.3 Å². The Kier molecular flexibility index (Phi) is 7.59. The molecule has 1 aliphatic rings. The fourth-order valence-electron chi connectivity index (χ4n) is 5.19. The lowest BCUT2D eigenvalue weighted by Gasteiger charge is -2.39. The third kappa shape index (κ3) is 5.40. The molecule has 0 atom stereocenters. The van der Waals surface area contributed by atoms with E-state index in [-0.39, 0.29) is 5.91 Å². The molecule has 5 rings (SSSR count). The van der Waals surface area contributed by atoms with Crippen molar-refractivity contribution in [2.75, 3.05) is 36.4 Å². The minimum atomic E-state index is 0.0686. The summed E-state index contributed by atoms with van der Waals surface area (Å²) in [7, 11) is 0. The number of aromatic nitrogens is 2. The number of H-pyrrole nitrogens is 1. The number of benzene rings is 2. The Morgan fingerprint density at radius 1 is 1.11 bits per heavy atom. The van der Waals surface area contributed by atoms with Gasteiger partial charge in [-0.3, -0.25) is 4.79 Å². The van der Waals surface area contributed by atoms with E-state index >= 15 is 0 Å². The van der Waals surface area contributed by atoms with Gasteiger partial charge >= 0.3 is 0 Å². The van der Waals surface area contributed by atoms with Crippen LogP contribution in [0.5, 0.6) is 5.75 Å². The van der Waals surface area contributed by atoms with Gasteiger partial charge in [-0.25, -0.2) is 4.98 Å². The molecule has 37 heavy (non-hydrogen) atoms. The monoisotopic (exact) mass is 497 g/mol. The van der Waals surface area contributed by atoms with Crippen molar-refractivity contribution in [2.24, 2.45) is 0 Å². The standard InChI is InChI=1S/C30H35N5O2/c1-3-31-28-11-8-16-32-29(28)35(4-2)23-14-17-34(18-15-23)30(36)26-20-33-27-13-12-24(19-25(26)27)37-21-22-9-6-5-7-10-22/h5-13,16,19-20,23,31,33H,3-4,14-15,17-18,21H2,1-2H3. The number of amides is 1. The van der Waals surface area contributed by atoms with Crippen LogP contribution in [0.2, 0.25) is 0 Å². The van der Waals surface area contributed by atoms with Crippen LogP contribution in [-0.2, 0) is 6.61 Å². The average Bonchev–Trinajstić information content (AvgIpc) is 3.37. The maximum absolute atomic E-state index is 13.5. The minimum absolute atomic E-state index is 0.0686. The number of fused-ring (bicyclic) bond motifs is 1. The Balaban J connectivity index is 1.26. The second kappa shape index (κ2) is 11.4. The van der Waals surface area contributed by atoms with E-state index in [9.17, 15) is 4.79 Å². The van der Waals surface area contributed by atoms with Crippen molar-refractivity contribution in [1.82, 2.24) is 14.9 Å². The Labute approximate surface area is 218 Å². The number of aromatic amines is 1. The summed E-state index contributed by atoms with van der Waals surface area (Å²) in [5.41, 5.74) is 3.81. The average molecular weight is 498 g/mol. The molecule has 2 N–H and O–H groups in total. The van der Waals surface area contributed by atoms with Crippen LogP contribution < -0.4 is 15.0 Å². The third-order valence-corrected chi connectivity index (χ3v) is 7.09. The maximum atomic E-state index is 13.5. The quantitative estimate of drug-likeness (QED) is 0.310. The van der Waals surface area contributed by atoms with Crippen molar-refractivity contribution in [3.8, 4) is 5.75 Å². The highest BCUT2D eigenvalue weighted by Gasteiger charge is 2.29. The van der Waals surface area contributed by atoms with Crippen molar-refractivity contribution in [1.29, 1.82) is 0 Å². The summed E-state index contributed by atoms with van der Waals surface area (Å²) < 4.78 is 6.02. The van der Waals surface area contributed by atoms with Gasteiger partial charge in [0.1, 0.15) is 12.4 Å². The largest absolute Gasteiger partial charge is 0.489 e. The summed E-state index contributed by atoms with van der Waals surface area (Å²) in [6.07, 6.45) is 5.51. The zero-order valence-corrected chi connectivity index (χ0v) is 21.6. The van der Waals surface area contributed by atoms with Gasteiger partial charge < -0.3 is 24.8 Å². The molecule has 1 aliphatic heterocycles. The normalized spacial score (nSPS) is 14.1. The number of carbonyl (C=O) groups is 1. The number of likely N-dealkylation sites (tertiary alicyclic amines) is 1. The molecular weight excluding hydrogens is 462 g/mol. The molecule has 7 nitrogen and oxygen atoms in total. The number of nitrogens with one attached hydrogen (secondary N) is 2. The third-order valence-electron chi connectivity index (χ3n) is 7.09. The molecule has 0 aliphatic carbocycles. The van der Waals surface area contributed by atoms with Crippen molar-refractivity contribution < 1.29 is 9.53 Å². The number of hydrogen-bond acceptors (Lipinski definition) is 5. The maximum Gasteiger partial charge on any atom is 0.256 e. The Bertz CT molecular complexity index is 1330. The molecule has 0 bridgehead atoms. The summed E-state index contributed by atoms with van der Waals surface area (Å²) in [6, 6.07) is 20.4. The van der Waals surface area contributed by atoms with Crippen molar-refractivity contribution >= 4 is 28.3 Å². The number of nitrogens with zero attached hydrogens (tertiary/aromatic N) is 3. The molecule has 0 spiro atoms. The predicted molar refractivity (Wildman–Crippen MR) is 149 cm³/mol. The molecule has 7 heteroatoms. The van der Waals surface area contributed by atoms with Gasteiger partial charge in [-0.1, -0.05) is 30.3 Å². The molecule has 3 heterocycles. The molecule has 0 unspecified atom stereocenters. The molecule has 1 saturated heterocycles. The number of ether oxygens (including phenoxy) is 1. The molecular formula is C30H35N5O2. The van der Waals surface area contributed by atoms with E-state index in [1.807, 2.05) is 71.9 Å². The highest BCUT2D eigenvalue weighted by molar-refractivity contribution is 6.07. The summed E-state index contributed by atoms with van der Waals surface area (Å²) in [5.74, 6) is 1.82. The lowest BCUT2D eigenvalue weighted by Crippen LogP contribution is -2.47. The summed E-state index contributed by atoms with van der Waals surface area (Å²) in [6.45, 7) is 7.94. The topological polar surface area (TPSA) is 73.5 Å². The molecule has 1 fully saturated rings. The molecule has 2 aromatic carbocycles. The lowest BCUT2D eigenvalue weighted by atomic mass is 10.0. The predicted octanol–water partition coefficient (Wildman–Crippen LogP) is 5.70. The van der Waals surface area contributed by atoms with Crippen LogP contribution in [0, 0.1) is 0 Å². The number of piperidine rings is 1. The number of rotatable bonds is 9. The van der Waals surface area contributed by atoms with E-state index in [1.54, 1.807) is 0 Å². The van der Waals surface area contributed by atoms with E-state index < -0.39 is 0 Å². The number of pyridine rings is 1. The van der Waals surface area contributed by atoms with Crippen LogP contribution in [0.15, 0.2) is 73.1 Å². The van der Waals surface area contributed by atoms with Crippen LogP contribution in [0.1, 0.15) is 42.6 Å². The highest BCUT2D eigenvalue weighted by atomic mass is 16.5. The van der Waals surface area contributed by atoms with E-state index in [0.29, 0.717) is 18.2 Å². The van der Waals surface area contributed by atoms with Crippen LogP contribution in [0.4, 0.5) is 11.5 Å². The van der Waals surface area contributed by atoms with Crippen LogP contribution in [0.25, 0.3) is 10.9 Å². The second-order valence-corrected chi connectivity index (χ2v) is 9.40. The van der Waals surface area contributed by atoms with E-state index in [1.165, 1.54) is 0 Å². The van der Waals surface area contributed by atoms with Crippen LogP contribution >= 0.6 is 0 Å². The van der Waals surface area contributed by atoms with Gasteiger partial charge in [0.05, 0.1) is 11.3 Å². The molecule has 1 amide bonds. The Morgan fingerprint density at radius 2 is 1.92 bits per heavy atom. The van der Waals surface area contributed by atoms with Gasteiger partial charge in [-0.2, -0.15) is 0 Å². The molecule has 192 valence electrons. The van der Waals surface area contributed by atoms with Crippen LogP contribution in [0.3, 0.4) is 0 Å². The summed E-state index contributed by atoms with van der Waals surface area (Å²) in [4.78, 5) is 25.8. The lowest BCUT2D eigenvalue weighted by molar-refractivity contribution is 0.0714. The molecule has 0 saturated carbocycles. The first kappa shape index (κ1) is 24.7. The smallest absolute Gasteiger partial charge is 0.256 e. The summed E-state index contributed by atoms with van der Waals surface area (Å²) in [5, 5.41) is 4.33. The Hall–Kier alpha value is -4.00. The zero-order chi connectivity index (χ0) is 25.6. The molecule has 4 aromatic rings. The fourth-order valence-corrected chi connectivity index (χ4v) is 5.19. The van der Waals surface area contributed by atoms with E-state index in [4.69, 9.17) is 4.74 Å². The number of hydrogen-bond donors (Lipinski definition) is 2. The fraction of sp³-hybridized carbons (Fsp3) is 0.333. The summed E-state index contributed by atoms with van der Waals surface area (Å²) >= 11 is 0. The number of anilines is 2. The minimum Gasteiger partial charge on any atom is -0.489 e. The van der Waals surface area contributed by atoms with Crippen molar-refractivity contribution in [3.05, 3.63) is 84.2 Å². The van der Waals surface area contributed by atoms with Gasteiger partial charge in [-0.05, 0) is 62.6 Å². The first-order valence-corrected chi connectivity index (χ1v) is 13.2. The first-order valence-electron chi connectivity index (χ1n) is 13.2. The Morgan fingerprint density at radius 3 is 2.68 bits per heavy atom. The van der Waals surface area contributed by atoms with Gasteiger partial charge in [0.25, 0.3) is 5.91 Å². The van der Waals surface area contributed by atoms with Gasteiger partial charge in [-0.15, -0.1) is 0 Å². The molecule has 0 radical (unpaired) electrons. The van der Waals surface area contributed by atoms with Gasteiger partial charge in [0.2, 0.25) is 0 Å². The van der Waals surface area contributed by atoms with E-state index in [0.717, 1.165) is 72.7 Å². The van der Waals surface area contributed by atoms with Gasteiger partial charge in [0, 0.05) is 55.5 Å². The molecule has 2 aromatic heterocycles. The SMILES string of the molecule is CCNc1cccnc1N(CC)C1CCN(C(=O)c2c[nH]c3ccc(OCc4ccccc4)cc23)CC1. The number of carbonyl (C=O) groups excluding carboxylic acids is 1. The van der Waals surface area contributed by atoms with Crippen molar-refractivity contribution in [3.63, 3.8) is 0 Å². The second-order valence-electron chi connectivity index (χ2n) is 9.40.